The standard InChI is InChI=1S/C22H19N3O3S/c1-15-18(24-20(28-15)17-10-6-3-7-11-17)13-27-21(26)19-14-29-22(25-19)23-12-16-8-4-2-5-9-16/h2-11,14H,12-13H2,1H3,(H,23,25). The third kappa shape index (κ3) is 4.70. The van der Waals surface area contributed by atoms with Crippen LogP contribution < -0.4 is 5.32 Å². The van der Waals surface area contributed by atoms with Gasteiger partial charge in [0.2, 0.25) is 5.89 Å². The molecule has 0 fully saturated rings. The second-order valence-corrected chi connectivity index (χ2v) is 7.20. The number of aryl methyl sites for hydroxylation is 1. The van der Waals surface area contributed by atoms with Crippen LogP contribution in [0.25, 0.3) is 11.5 Å². The molecule has 0 radical (unpaired) electrons. The van der Waals surface area contributed by atoms with Crippen molar-refractivity contribution in [2.24, 2.45) is 0 Å². The number of ether oxygens (including phenoxy) is 1. The third-order valence-corrected chi connectivity index (χ3v) is 5.05. The SMILES string of the molecule is Cc1oc(-c2ccccc2)nc1COC(=O)c1csc(NCc2ccccc2)n1. The molecule has 0 saturated carbocycles. The number of hydrogen-bond acceptors (Lipinski definition) is 7. The molecular formula is C22H19N3O3S. The zero-order valence-electron chi connectivity index (χ0n) is 15.8. The van der Waals surface area contributed by atoms with Gasteiger partial charge in [-0.15, -0.1) is 11.3 Å². The molecule has 0 spiro atoms. The minimum atomic E-state index is -0.488. The molecule has 0 aliphatic heterocycles. The van der Waals surface area contributed by atoms with Crippen LogP contribution in [0.1, 0.15) is 27.5 Å². The monoisotopic (exact) mass is 405 g/mol. The first-order valence-electron chi connectivity index (χ1n) is 9.11. The zero-order valence-corrected chi connectivity index (χ0v) is 16.6. The number of benzene rings is 2. The molecule has 4 aromatic rings. The lowest BCUT2D eigenvalue weighted by molar-refractivity contribution is 0.0461. The highest BCUT2D eigenvalue weighted by Gasteiger charge is 2.16. The maximum absolute atomic E-state index is 12.3. The molecule has 4 rings (SSSR count). The molecule has 6 nitrogen and oxygen atoms in total. The van der Waals surface area contributed by atoms with Crippen molar-refractivity contribution in [3.63, 3.8) is 0 Å². The number of carbonyl (C=O) groups excluding carboxylic acids is 1. The highest BCUT2D eigenvalue weighted by atomic mass is 32.1. The van der Waals surface area contributed by atoms with E-state index in [1.54, 1.807) is 12.3 Å². The average molecular weight is 405 g/mol. The average Bonchev–Trinajstić information content (AvgIpc) is 3.39. The fraction of sp³-hybridized carbons (Fsp3) is 0.136. The van der Waals surface area contributed by atoms with Crippen LogP contribution >= 0.6 is 11.3 Å². The van der Waals surface area contributed by atoms with Crippen molar-refractivity contribution in [1.82, 2.24) is 9.97 Å². The number of hydrogen-bond donors (Lipinski definition) is 1. The number of aromatic nitrogens is 2. The zero-order chi connectivity index (χ0) is 20.1. The fourth-order valence-electron chi connectivity index (χ4n) is 2.70. The summed E-state index contributed by atoms with van der Waals surface area (Å²) in [7, 11) is 0. The van der Waals surface area contributed by atoms with Gasteiger partial charge in [-0.2, -0.15) is 0 Å². The number of thiazole rings is 1. The number of esters is 1. The van der Waals surface area contributed by atoms with E-state index in [9.17, 15) is 4.79 Å². The second-order valence-electron chi connectivity index (χ2n) is 6.34. The van der Waals surface area contributed by atoms with Gasteiger partial charge in [0.25, 0.3) is 0 Å². The summed E-state index contributed by atoms with van der Waals surface area (Å²) in [4.78, 5) is 21.1. The van der Waals surface area contributed by atoms with Crippen LogP contribution in [-0.4, -0.2) is 15.9 Å². The molecule has 29 heavy (non-hydrogen) atoms. The van der Waals surface area contributed by atoms with Crippen molar-refractivity contribution in [3.05, 3.63) is 88.8 Å². The molecule has 0 amide bonds. The number of nitrogens with one attached hydrogen (secondary N) is 1. The highest BCUT2D eigenvalue weighted by molar-refractivity contribution is 7.13. The Hall–Kier alpha value is -3.45. The predicted octanol–water partition coefficient (Wildman–Crippen LogP) is 5.08. The molecule has 0 aliphatic rings. The van der Waals surface area contributed by atoms with E-state index in [-0.39, 0.29) is 12.3 Å². The molecule has 0 unspecified atom stereocenters. The largest absolute Gasteiger partial charge is 0.454 e. The Labute approximate surface area is 172 Å². The van der Waals surface area contributed by atoms with Gasteiger partial charge < -0.3 is 14.5 Å². The first-order chi connectivity index (χ1) is 14.2. The smallest absolute Gasteiger partial charge is 0.358 e. The van der Waals surface area contributed by atoms with E-state index >= 15 is 0 Å². The Morgan fingerprint density at radius 3 is 2.55 bits per heavy atom. The van der Waals surface area contributed by atoms with Crippen LogP contribution in [0.3, 0.4) is 0 Å². The lowest BCUT2D eigenvalue weighted by Crippen LogP contribution is -2.07. The van der Waals surface area contributed by atoms with E-state index in [2.05, 4.69) is 15.3 Å². The van der Waals surface area contributed by atoms with Crippen molar-refractivity contribution < 1.29 is 13.9 Å². The number of oxazole rings is 1. The van der Waals surface area contributed by atoms with E-state index < -0.39 is 5.97 Å². The first-order valence-corrected chi connectivity index (χ1v) is 9.99. The van der Waals surface area contributed by atoms with Crippen molar-refractivity contribution in [1.29, 1.82) is 0 Å². The minimum Gasteiger partial charge on any atom is -0.454 e. The predicted molar refractivity (Wildman–Crippen MR) is 112 cm³/mol. The summed E-state index contributed by atoms with van der Waals surface area (Å²) in [5.74, 6) is 0.646. The number of rotatable bonds is 7. The molecule has 0 bridgehead atoms. The van der Waals surface area contributed by atoms with Gasteiger partial charge >= 0.3 is 5.97 Å². The van der Waals surface area contributed by atoms with Crippen molar-refractivity contribution in [3.8, 4) is 11.5 Å². The first kappa shape index (κ1) is 18.9. The molecular weight excluding hydrogens is 386 g/mol. The summed E-state index contributed by atoms with van der Waals surface area (Å²) < 4.78 is 11.1. The van der Waals surface area contributed by atoms with Crippen LogP contribution in [0.4, 0.5) is 5.13 Å². The van der Waals surface area contributed by atoms with E-state index in [0.717, 1.165) is 11.1 Å². The maximum Gasteiger partial charge on any atom is 0.358 e. The number of nitrogens with zero attached hydrogens (tertiary/aromatic N) is 2. The van der Waals surface area contributed by atoms with Crippen LogP contribution in [-0.2, 0) is 17.9 Å². The topological polar surface area (TPSA) is 77.2 Å². The van der Waals surface area contributed by atoms with Crippen LogP contribution in [0.15, 0.2) is 70.5 Å². The molecule has 1 N–H and O–H groups in total. The van der Waals surface area contributed by atoms with Gasteiger partial charge in [-0.25, -0.2) is 14.8 Å². The maximum atomic E-state index is 12.3. The van der Waals surface area contributed by atoms with Crippen molar-refractivity contribution in [2.75, 3.05) is 5.32 Å². The molecule has 2 aromatic carbocycles. The van der Waals surface area contributed by atoms with E-state index in [0.29, 0.717) is 29.0 Å². The number of anilines is 1. The van der Waals surface area contributed by atoms with Crippen molar-refractivity contribution >= 4 is 22.4 Å². The Balaban J connectivity index is 1.34. The normalized spacial score (nSPS) is 10.7. The van der Waals surface area contributed by atoms with E-state index in [1.165, 1.54) is 11.3 Å². The van der Waals surface area contributed by atoms with Crippen molar-refractivity contribution in [2.45, 2.75) is 20.1 Å². The van der Waals surface area contributed by atoms with E-state index in [1.807, 2.05) is 60.7 Å². The van der Waals surface area contributed by atoms with Gasteiger partial charge in [0, 0.05) is 17.5 Å². The number of carbonyl (C=O) groups is 1. The van der Waals surface area contributed by atoms with Gasteiger partial charge in [-0.1, -0.05) is 48.5 Å². The van der Waals surface area contributed by atoms with Gasteiger partial charge in [-0.05, 0) is 24.6 Å². The second kappa shape index (κ2) is 8.70. The van der Waals surface area contributed by atoms with Gasteiger partial charge in [0.1, 0.15) is 18.1 Å². The van der Waals surface area contributed by atoms with Gasteiger partial charge in [0.15, 0.2) is 10.8 Å². The molecule has 146 valence electrons. The summed E-state index contributed by atoms with van der Waals surface area (Å²) in [6, 6.07) is 19.6. The molecule has 2 aromatic heterocycles. The van der Waals surface area contributed by atoms with Gasteiger partial charge in [-0.3, -0.25) is 0 Å². The van der Waals surface area contributed by atoms with E-state index in [4.69, 9.17) is 9.15 Å². The fourth-order valence-corrected chi connectivity index (χ4v) is 3.37. The lowest BCUT2D eigenvalue weighted by Gasteiger charge is -2.02. The molecule has 2 heterocycles. The molecule has 7 heteroatoms. The highest BCUT2D eigenvalue weighted by Crippen LogP contribution is 2.22. The molecule has 0 aliphatic carbocycles. The Kier molecular flexibility index (Phi) is 5.67. The summed E-state index contributed by atoms with van der Waals surface area (Å²) in [6.45, 7) is 2.48. The Morgan fingerprint density at radius 2 is 1.79 bits per heavy atom. The van der Waals surface area contributed by atoms with Crippen LogP contribution in [0, 0.1) is 6.92 Å². The van der Waals surface area contributed by atoms with Crippen LogP contribution in [0.2, 0.25) is 0 Å². The third-order valence-electron chi connectivity index (χ3n) is 4.25. The quantitative estimate of drug-likeness (QED) is 0.432. The molecule has 0 saturated heterocycles. The molecule has 0 atom stereocenters. The summed E-state index contributed by atoms with van der Waals surface area (Å²) >= 11 is 1.37. The van der Waals surface area contributed by atoms with Crippen LogP contribution in [0.5, 0.6) is 0 Å². The Morgan fingerprint density at radius 1 is 1.07 bits per heavy atom. The minimum absolute atomic E-state index is 0.0330. The lowest BCUT2D eigenvalue weighted by atomic mass is 10.2. The summed E-state index contributed by atoms with van der Waals surface area (Å²) in [5.41, 5.74) is 2.88. The Bertz CT molecular complexity index is 1090. The summed E-state index contributed by atoms with van der Waals surface area (Å²) in [5, 5.41) is 5.57. The van der Waals surface area contributed by atoms with Gasteiger partial charge in [0.05, 0.1) is 0 Å². The summed E-state index contributed by atoms with van der Waals surface area (Å²) in [6.07, 6.45) is 0.